The smallest absolute Gasteiger partial charge is 0.282 e. The van der Waals surface area contributed by atoms with Gasteiger partial charge in [0.15, 0.2) is 0 Å². The van der Waals surface area contributed by atoms with E-state index < -0.39 is 10.2 Å². The average Bonchev–Trinajstić information content (AvgIpc) is 2.48. The van der Waals surface area contributed by atoms with E-state index in [1.165, 1.54) is 8.61 Å². The maximum Gasteiger partial charge on any atom is 0.282 e. The molecule has 0 spiro atoms. The van der Waals surface area contributed by atoms with Gasteiger partial charge in [-0.15, -0.1) is 0 Å². The Hall–Kier alpha value is -1.06. The van der Waals surface area contributed by atoms with E-state index >= 15 is 0 Å². The second kappa shape index (κ2) is 9.06. The predicted octanol–water partition coefficient (Wildman–Crippen LogP) is 0.353. The molecule has 0 unspecified atom stereocenters. The summed E-state index contributed by atoms with van der Waals surface area (Å²) in [6, 6.07) is 3.58. The lowest BCUT2D eigenvalue weighted by Crippen LogP contribution is -2.44. The van der Waals surface area contributed by atoms with E-state index in [1.807, 2.05) is 0 Å². The Kier molecular flexibility index (Phi) is 7.76. The van der Waals surface area contributed by atoms with Gasteiger partial charge in [-0.3, -0.25) is 4.98 Å². The highest BCUT2D eigenvalue weighted by molar-refractivity contribution is 7.86. The normalized spacial score (nSPS) is 12.2. The largest absolute Gasteiger partial charge is 0.383 e. The van der Waals surface area contributed by atoms with Gasteiger partial charge in [-0.25, -0.2) is 0 Å². The molecule has 0 aliphatic heterocycles. The highest BCUT2D eigenvalue weighted by atomic mass is 32.2. The summed E-state index contributed by atoms with van der Waals surface area (Å²) in [5.74, 6) is 0. The zero-order valence-corrected chi connectivity index (χ0v) is 13.5. The summed E-state index contributed by atoms with van der Waals surface area (Å²) in [6.07, 6.45) is 3.28. The van der Waals surface area contributed by atoms with Crippen molar-refractivity contribution in [2.45, 2.75) is 6.54 Å². The molecule has 0 bridgehead atoms. The minimum atomic E-state index is -3.56. The van der Waals surface area contributed by atoms with Crippen LogP contribution in [0.25, 0.3) is 0 Å². The van der Waals surface area contributed by atoms with Gasteiger partial charge in [0.05, 0.1) is 13.2 Å². The van der Waals surface area contributed by atoms with Crippen molar-refractivity contribution in [3.63, 3.8) is 0 Å². The van der Waals surface area contributed by atoms with E-state index in [1.54, 1.807) is 45.8 Å². The fourth-order valence-corrected chi connectivity index (χ4v) is 3.07. The first-order chi connectivity index (χ1) is 10.0. The van der Waals surface area contributed by atoms with Gasteiger partial charge >= 0.3 is 0 Å². The molecule has 0 aliphatic rings. The lowest BCUT2D eigenvalue weighted by molar-refractivity contribution is 0.147. The molecule has 0 aliphatic carbocycles. The minimum absolute atomic E-state index is 0.293. The van der Waals surface area contributed by atoms with Gasteiger partial charge in [0, 0.05) is 53.3 Å². The van der Waals surface area contributed by atoms with Gasteiger partial charge in [0.2, 0.25) is 0 Å². The molecule has 1 heterocycles. The monoisotopic (exact) mass is 317 g/mol. The Labute approximate surface area is 126 Å². The number of hydrogen-bond donors (Lipinski definition) is 0. The molecule has 0 amide bonds. The van der Waals surface area contributed by atoms with Crippen molar-refractivity contribution in [2.24, 2.45) is 0 Å². The first-order valence-electron chi connectivity index (χ1n) is 6.60. The quantitative estimate of drug-likeness (QED) is 0.623. The first kappa shape index (κ1) is 18.0. The summed E-state index contributed by atoms with van der Waals surface area (Å²) in [5.41, 5.74) is 0.884. The number of nitrogens with zero attached hydrogens (tertiary/aromatic N) is 3. The van der Waals surface area contributed by atoms with Crippen LogP contribution < -0.4 is 0 Å². The van der Waals surface area contributed by atoms with Crippen LogP contribution in [0.15, 0.2) is 24.5 Å². The fraction of sp³-hybridized carbons (Fsp3) is 0.615. The van der Waals surface area contributed by atoms with Crippen molar-refractivity contribution < 1.29 is 17.9 Å². The molecule has 8 heteroatoms. The van der Waals surface area contributed by atoms with Gasteiger partial charge in [0.1, 0.15) is 0 Å². The minimum Gasteiger partial charge on any atom is -0.383 e. The number of pyridine rings is 1. The Balaban J connectivity index is 2.77. The van der Waals surface area contributed by atoms with Crippen molar-refractivity contribution in [2.75, 3.05) is 47.6 Å². The van der Waals surface area contributed by atoms with Gasteiger partial charge in [-0.2, -0.15) is 17.0 Å². The third-order valence-corrected chi connectivity index (χ3v) is 4.90. The number of aromatic nitrogens is 1. The first-order valence-corrected chi connectivity index (χ1v) is 8.00. The molecule has 1 aromatic rings. The number of hydrogen-bond acceptors (Lipinski definition) is 5. The van der Waals surface area contributed by atoms with Crippen molar-refractivity contribution in [1.29, 1.82) is 0 Å². The summed E-state index contributed by atoms with van der Waals surface area (Å²) in [6.45, 7) is 1.56. The molecule has 1 rings (SSSR count). The van der Waals surface area contributed by atoms with E-state index in [2.05, 4.69) is 4.98 Å². The summed E-state index contributed by atoms with van der Waals surface area (Å²) in [5, 5.41) is 0. The zero-order valence-electron chi connectivity index (χ0n) is 12.7. The standard InChI is InChI=1S/C13H23N3O4S/c1-15(12-13-4-6-14-7-5-13)21(17,18)16(8-10-19-2)9-11-20-3/h4-7H,8-12H2,1-3H3. The van der Waals surface area contributed by atoms with Crippen LogP contribution in [0.5, 0.6) is 0 Å². The Morgan fingerprint density at radius 3 is 2.10 bits per heavy atom. The number of methoxy groups -OCH3 is 2. The van der Waals surface area contributed by atoms with Crippen molar-refractivity contribution in [3.05, 3.63) is 30.1 Å². The van der Waals surface area contributed by atoms with Crippen LogP contribution in [0.2, 0.25) is 0 Å². The topological polar surface area (TPSA) is 72.0 Å². The lowest BCUT2D eigenvalue weighted by Gasteiger charge is -2.27. The molecule has 0 radical (unpaired) electrons. The molecule has 0 atom stereocenters. The summed E-state index contributed by atoms with van der Waals surface area (Å²) < 4.78 is 37.8. The highest BCUT2D eigenvalue weighted by Crippen LogP contribution is 2.11. The second-order valence-corrected chi connectivity index (χ2v) is 6.54. The summed E-state index contributed by atoms with van der Waals surface area (Å²) >= 11 is 0. The van der Waals surface area contributed by atoms with Crippen molar-refractivity contribution in [1.82, 2.24) is 13.6 Å². The molecular formula is C13H23N3O4S. The molecule has 0 saturated heterocycles. The molecule has 0 saturated carbocycles. The molecular weight excluding hydrogens is 294 g/mol. The highest BCUT2D eigenvalue weighted by Gasteiger charge is 2.26. The van der Waals surface area contributed by atoms with Crippen molar-refractivity contribution >= 4 is 10.2 Å². The van der Waals surface area contributed by atoms with E-state index in [4.69, 9.17) is 9.47 Å². The van der Waals surface area contributed by atoms with Crippen LogP contribution in [-0.2, 0) is 26.2 Å². The molecule has 21 heavy (non-hydrogen) atoms. The fourth-order valence-electron chi connectivity index (χ4n) is 1.75. The van der Waals surface area contributed by atoms with Crippen molar-refractivity contribution in [3.8, 4) is 0 Å². The van der Waals surface area contributed by atoms with Gasteiger partial charge in [-0.05, 0) is 17.7 Å². The molecule has 7 nitrogen and oxygen atoms in total. The molecule has 0 fully saturated rings. The number of ether oxygens (including phenoxy) is 2. The summed E-state index contributed by atoms with van der Waals surface area (Å²) in [7, 11) is 1.09. The van der Waals surface area contributed by atoms with Gasteiger partial charge in [0.25, 0.3) is 10.2 Å². The number of rotatable bonds is 10. The maximum atomic E-state index is 12.6. The Morgan fingerprint density at radius 1 is 1.10 bits per heavy atom. The molecule has 0 N–H and O–H groups in total. The van der Waals surface area contributed by atoms with E-state index in [0.717, 1.165) is 5.56 Å². The van der Waals surface area contributed by atoms with Crippen LogP contribution >= 0.6 is 0 Å². The van der Waals surface area contributed by atoms with Crippen LogP contribution in [0.1, 0.15) is 5.56 Å². The van der Waals surface area contributed by atoms with Crippen LogP contribution in [0.4, 0.5) is 0 Å². The maximum absolute atomic E-state index is 12.6. The second-order valence-electron chi connectivity index (χ2n) is 4.50. The molecule has 0 aromatic carbocycles. The molecule has 1 aromatic heterocycles. The SMILES string of the molecule is COCCN(CCOC)S(=O)(=O)N(C)Cc1ccncc1. The summed E-state index contributed by atoms with van der Waals surface area (Å²) in [4.78, 5) is 3.92. The third kappa shape index (κ3) is 5.68. The Bertz CT molecular complexity index is 487. The third-order valence-electron chi connectivity index (χ3n) is 2.96. The zero-order chi connectivity index (χ0) is 15.7. The average molecular weight is 317 g/mol. The van der Waals surface area contributed by atoms with Crippen LogP contribution in [0, 0.1) is 0 Å². The predicted molar refractivity (Wildman–Crippen MR) is 79.9 cm³/mol. The lowest BCUT2D eigenvalue weighted by atomic mass is 10.3. The van der Waals surface area contributed by atoms with Crippen LogP contribution in [-0.4, -0.2) is 69.6 Å². The van der Waals surface area contributed by atoms with E-state index in [-0.39, 0.29) is 0 Å². The van der Waals surface area contributed by atoms with Gasteiger partial charge < -0.3 is 9.47 Å². The Morgan fingerprint density at radius 2 is 1.62 bits per heavy atom. The van der Waals surface area contributed by atoms with Crippen LogP contribution in [0.3, 0.4) is 0 Å². The van der Waals surface area contributed by atoms with E-state index in [9.17, 15) is 8.42 Å². The van der Waals surface area contributed by atoms with E-state index in [0.29, 0.717) is 32.8 Å². The van der Waals surface area contributed by atoms with Gasteiger partial charge in [-0.1, -0.05) is 0 Å². The molecule has 120 valence electrons.